The van der Waals surface area contributed by atoms with Gasteiger partial charge in [0, 0.05) is 25.4 Å². The van der Waals surface area contributed by atoms with Gasteiger partial charge >= 0.3 is 5.97 Å². The van der Waals surface area contributed by atoms with Gasteiger partial charge in [0.1, 0.15) is 0 Å². The van der Waals surface area contributed by atoms with Crippen LogP contribution in [0.15, 0.2) is 30.3 Å². The Balaban J connectivity index is 2.16. The minimum atomic E-state index is -0.912. The molecule has 0 heterocycles. The fourth-order valence-corrected chi connectivity index (χ4v) is 1.92. The van der Waals surface area contributed by atoms with Gasteiger partial charge in [-0.1, -0.05) is 18.2 Å². The van der Waals surface area contributed by atoms with Gasteiger partial charge in [-0.15, -0.1) is 0 Å². The summed E-state index contributed by atoms with van der Waals surface area (Å²) in [5, 5.41) is 8.66. The van der Waals surface area contributed by atoms with Gasteiger partial charge in [0.05, 0.1) is 0 Å². The molecule has 1 aliphatic carbocycles. The van der Waals surface area contributed by atoms with E-state index in [1.165, 1.54) is 18.9 Å². The van der Waals surface area contributed by atoms with Crippen LogP contribution >= 0.6 is 0 Å². The highest BCUT2D eigenvalue weighted by Gasteiger charge is 2.23. The van der Waals surface area contributed by atoms with Crippen LogP contribution in [-0.4, -0.2) is 24.7 Å². The first kappa shape index (κ1) is 11.7. The Morgan fingerprint density at radius 2 is 2.18 bits per heavy atom. The highest BCUT2D eigenvalue weighted by Crippen LogP contribution is 2.31. The van der Waals surface area contributed by atoms with Crippen LogP contribution in [0, 0.1) is 5.92 Å². The topological polar surface area (TPSA) is 40.5 Å². The molecule has 0 unspecified atom stereocenters. The van der Waals surface area contributed by atoms with Gasteiger partial charge < -0.3 is 10.0 Å². The summed E-state index contributed by atoms with van der Waals surface area (Å²) in [6.45, 7) is 1.05. The van der Waals surface area contributed by atoms with E-state index in [4.69, 9.17) is 5.11 Å². The monoisotopic (exact) mass is 231 g/mol. The maximum atomic E-state index is 10.5. The van der Waals surface area contributed by atoms with Crippen molar-refractivity contribution in [2.75, 3.05) is 18.5 Å². The van der Waals surface area contributed by atoms with Crippen LogP contribution in [0.2, 0.25) is 0 Å². The molecule has 1 aromatic carbocycles. The van der Waals surface area contributed by atoms with E-state index in [9.17, 15) is 4.79 Å². The quantitative estimate of drug-likeness (QED) is 0.792. The first-order valence-corrected chi connectivity index (χ1v) is 5.88. The van der Waals surface area contributed by atoms with Crippen molar-refractivity contribution in [2.45, 2.75) is 12.8 Å². The molecule has 0 atom stereocenters. The van der Waals surface area contributed by atoms with Crippen LogP contribution in [0.5, 0.6) is 0 Å². The molecule has 1 aromatic rings. The molecule has 0 spiro atoms. The average molecular weight is 231 g/mol. The van der Waals surface area contributed by atoms with Gasteiger partial charge in [-0.2, -0.15) is 0 Å². The molecule has 90 valence electrons. The normalized spacial score (nSPS) is 15.1. The molecule has 0 amide bonds. The lowest BCUT2D eigenvalue weighted by atomic mass is 10.1. The number of carbonyl (C=O) groups is 1. The molecule has 1 fully saturated rings. The van der Waals surface area contributed by atoms with E-state index in [2.05, 4.69) is 11.9 Å². The molecule has 0 saturated heterocycles. The van der Waals surface area contributed by atoms with Crippen LogP contribution in [0.4, 0.5) is 5.69 Å². The van der Waals surface area contributed by atoms with E-state index in [0.717, 1.165) is 23.7 Å². The standard InChI is InChI=1S/C14H17NO2/c1-15(10-11-6-7-11)13-5-3-2-4-12(13)8-9-14(16)17/h2-5,8-9,11H,6-7,10H2,1H3,(H,16,17)/b9-8+. The number of hydrogen-bond donors (Lipinski definition) is 1. The fourth-order valence-electron chi connectivity index (χ4n) is 1.92. The third-order valence-corrected chi connectivity index (χ3v) is 2.98. The van der Waals surface area contributed by atoms with Crippen LogP contribution in [-0.2, 0) is 4.79 Å². The van der Waals surface area contributed by atoms with Gasteiger partial charge in [-0.3, -0.25) is 0 Å². The number of hydrogen-bond acceptors (Lipinski definition) is 2. The highest BCUT2D eigenvalue weighted by atomic mass is 16.4. The van der Waals surface area contributed by atoms with Crippen molar-refractivity contribution in [1.82, 2.24) is 0 Å². The molecule has 3 nitrogen and oxygen atoms in total. The Morgan fingerprint density at radius 1 is 1.47 bits per heavy atom. The molecule has 17 heavy (non-hydrogen) atoms. The largest absolute Gasteiger partial charge is 0.478 e. The fraction of sp³-hybridized carbons (Fsp3) is 0.357. The zero-order valence-corrected chi connectivity index (χ0v) is 9.97. The van der Waals surface area contributed by atoms with Crippen LogP contribution < -0.4 is 4.90 Å². The van der Waals surface area contributed by atoms with E-state index in [1.807, 2.05) is 24.3 Å². The molecule has 2 rings (SSSR count). The van der Waals surface area contributed by atoms with E-state index in [1.54, 1.807) is 6.08 Å². The molecule has 1 aliphatic rings. The van der Waals surface area contributed by atoms with Crippen molar-refractivity contribution < 1.29 is 9.90 Å². The predicted molar refractivity (Wildman–Crippen MR) is 69.1 cm³/mol. The number of rotatable bonds is 5. The van der Waals surface area contributed by atoms with E-state index in [0.29, 0.717) is 0 Å². The summed E-state index contributed by atoms with van der Waals surface area (Å²) in [6, 6.07) is 7.88. The summed E-state index contributed by atoms with van der Waals surface area (Å²) < 4.78 is 0. The number of carboxylic acid groups (broad SMARTS) is 1. The summed E-state index contributed by atoms with van der Waals surface area (Å²) in [4.78, 5) is 12.7. The lowest BCUT2D eigenvalue weighted by molar-refractivity contribution is -0.131. The lowest BCUT2D eigenvalue weighted by Gasteiger charge is -2.21. The van der Waals surface area contributed by atoms with Crippen molar-refractivity contribution in [1.29, 1.82) is 0 Å². The summed E-state index contributed by atoms with van der Waals surface area (Å²) in [5.41, 5.74) is 2.05. The number of nitrogens with zero attached hydrogens (tertiary/aromatic N) is 1. The van der Waals surface area contributed by atoms with Gasteiger partial charge in [0.2, 0.25) is 0 Å². The molecule has 1 N–H and O–H groups in total. The Morgan fingerprint density at radius 3 is 2.82 bits per heavy atom. The molecule has 1 saturated carbocycles. The molecule has 0 aliphatic heterocycles. The summed E-state index contributed by atoms with van der Waals surface area (Å²) in [7, 11) is 2.06. The zero-order chi connectivity index (χ0) is 12.3. The maximum absolute atomic E-state index is 10.5. The van der Waals surface area contributed by atoms with E-state index in [-0.39, 0.29) is 0 Å². The maximum Gasteiger partial charge on any atom is 0.328 e. The number of para-hydroxylation sites is 1. The van der Waals surface area contributed by atoms with Crippen molar-refractivity contribution in [3.05, 3.63) is 35.9 Å². The minimum absolute atomic E-state index is 0.816. The third kappa shape index (κ3) is 3.34. The smallest absolute Gasteiger partial charge is 0.328 e. The summed E-state index contributed by atoms with van der Waals surface area (Å²) >= 11 is 0. The molecular formula is C14H17NO2. The average Bonchev–Trinajstić information content (AvgIpc) is 3.10. The van der Waals surface area contributed by atoms with Crippen molar-refractivity contribution >= 4 is 17.7 Å². The van der Waals surface area contributed by atoms with Gasteiger partial charge in [-0.05, 0) is 36.5 Å². The van der Waals surface area contributed by atoms with Gasteiger partial charge in [0.15, 0.2) is 0 Å². The first-order chi connectivity index (χ1) is 8.16. The molecule has 0 aromatic heterocycles. The lowest BCUT2D eigenvalue weighted by Crippen LogP contribution is -2.20. The molecule has 0 bridgehead atoms. The number of anilines is 1. The highest BCUT2D eigenvalue weighted by molar-refractivity contribution is 5.86. The Hall–Kier alpha value is -1.77. The minimum Gasteiger partial charge on any atom is -0.478 e. The van der Waals surface area contributed by atoms with Crippen LogP contribution in [0.1, 0.15) is 18.4 Å². The Bertz CT molecular complexity index is 436. The van der Waals surface area contributed by atoms with Gasteiger partial charge in [0.25, 0.3) is 0 Å². The van der Waals surface area contributed by atoms with Crippen molar-refractivity contribution in [2.24, 2.45) is 5.92 Å². The van der Waals surface area contributed by atoms with Crippen molar-refractivity contribution in [3.8, 4) is 0 Å². The van der Waals surface area contributed by atoms with Crippen molar-refractivity contribution in [3.63, 3.8) is 0 Å². The van der Waals surface area contributed by atoms with E-state index >= 15 is 0 Å². The SMILES string of the molecule is CN(CC1CC1)c1ccccc1/C=C/C(=O)O. The Labute approximate surface area is 101 Å². The number of carboxylic acids is 1. The van der Waals surface area contributed by atoms with Crippen LogP contribution in [0.25, 0.3) is 6.08 Å². The van der Waals surface area contributed by atoms with Gasteiger partial charge in [-0.25, -0.2) is 4.79 Å². The predicted octanol–water partition coefficient (Wildman–Crippen LogP) is 2.63. The Kier molecular flexibility index (Phi) is 3.47. The zero-order valence-electron chi connectivity index (χ0n) is 9.97. The third-order valence-electron chi connectivity index (χ3n) is 2.98. The summed E-state index contributed by atoms with van der Waals surface area (Å²) in [5.74, 6) is -0.0961. The molecular weight excluding hydrogens is 214 g/mol. The van der Waals surface area contributed by atoms with Crippen LogP contribution in [0.3, 0.4) is 0 Å². The molecule has 3 heteroatoms. The number of benzene rings is 1. The molecule has 0 radical (unpaired) electrons. The first-order valence-electron chi connectivity index (χ1n) is 5.88. The number of aliphatic carboxylic acids is 1. The second-order valence-electron chi connectivity index (χ2n) is 4.55. The second kappa shape index (κ2) is 5.04. The van der Waals surface area contributed by atoms with E-state index < -0.39 is 5.97 Å². The second-order valence-corrected chi connectivity index (χ2v) is 4.55. The summed E-state index contributed by atoms with van der Waals surface area (Å²) in [6.07, 6.45) is 5.47.